The van der Waals surface area contributed by atoms with E-state index in [1.54, 1.807) is 0 Å². The molecule has 0 N–H and O–H groups in total. The van der Waals surface area contributed by atoms with E-state index in [0.29, 0.717) is 23.4 Å². The Morgan fingerprint density at radius 2 is 0.768 bits per heavy atom. The molecule has 0 aliphatic heterocycles. The molecule has 1 heterocycles. The molecule has 2 fully saturated rings. The van der Waals surface area contributed by atoms with E-state index in [2.05, 4.69) is 200 Å². The fourth-order valence-electron chi connectivity index (χ4n) is 11.6. The first-order valence-electron chi connectivity index (χ1n) is 24.2. The van der Waals surface area contributed by atoms with E-state index in [1.807, 2.05) is 31.5 Å². The predicted molar refractivity (Wildman–Crippen MR) is 287 cm³/mol. The van der Waals surface area contributed by atoms with Crippen molar-refractivity contribution in [1.29, 1.82) is 0 Å². The van der Waals surface area contributed by atoms with E-state index in [4.69, 9.17) is 15.0 Å². The maximum Gasteiger partial charge on any atom is 0.164 e. The minimum Gasteiger partial charge on any atom is -0.319 e. The van der Waals surface area contributed by atoms with E-state index in [-0.39, 0.29) is 5.41 Å². The highest BCUT2D eigenvalue weighted by Crippen LogP contribution is 2.60. The molecule has 0 amide bonds. The number of nitrogens with zero attached hydrogens (tertiary/aromatic N) is 3. The molecule has 9 aromatic carbocycles. The molecule has 0 spiro atoms. The highest BCUT2D eigenvalue weighted by atomic mass is 31.2. The largest absolute Gasteiger partial charge is 0.319 e. The average Bonchev–Trinajstić information content (AvgIpc) is 4.04. The van der Waals surface area contributed by atoms with Gasteiger partial charge in [0, 0.05) is 27.4 Å². The summed E-state index contributed by atoms with van der Waals surface area (Å²) in [4.78, 5) is 15.5. The molecule has 0 saturated heterocycles. The Hall–Kier alpha value is -7.52. The zero-order valence-electron chi connectivity index (χ0n) is 39.0. The van der Waals surface area contributed by atoms with Crippen molar-refractivity contribution in [1.82, 2.24) is 15.0 Å². The summed E-state index contributed by atoms with van der Waals surface area (Å²) in [5.74, 6) is 3.25. The maximum atomic E-state index is 13.3. The van der Waals surface area contributed by atoms with Gasteiger partial charge in [0.2, 0.25) is 0 Å². The van der Waals surface area contributed by atoms with Crippen LogP contribution in [0.5, 0.6) is 0 Å². The van der Waals surface area contributed by atoms with Crippen LogP contribution in [0.2, 0.25) is 0 Å². The number of hydrogen-bond donors (Lipinski definition) is 0. The summed E-state index contributed by atoms with van der Waals surface area (Å²) in [5.41, 5.74) is 14.9. The normalized spacial score (nSPS) is 17.6. The van der Waals surface area contributed by atoms with E-state index in [9.17, 15) is 4.57 Å². The number of hydrogen-bond acceptors (Lipinski definition) is 4. The van der Waals surface area contributed by atoms with Gasteiger partial charge in [0.05, 0.1) is 0 Å². The highest BCUT2D eigenvalue weighted by Gasteiger charge is 2.52. The number of benzene rings is 9. The first kappa shape index (κ1) is 42.8. The summed E-state index contributed by atoms with van der Waals surface area (Å²) >= 11 is 0. The molecule has 3 atom stereocenters. The number of aromatic nitrogens is 3. The Bertz CT molecular complexity index is 3510. The van der Waals surface area contributed by atoms with Crippen molar-refractivity contribution in [2.75, 3.05) is 13.3 Å². The molecule has 4 nitrogen and oxygen atoms in total. The molecule has 334 valence electrons. The second-order valence-corrected chi connectivity index (χ2v) is 22.7. The molecular weight excluding hydrogens is 858 g/mol. The van der Waals surface area contributed by atoms with Gasteiger partial charge in [-0.05, 0) is 111 Å². The van der Waals surface area contributed by atoms with Crippen molar-refractivity contribution in [3.63, 3.8) is 0 Å². The van der Waals surface area contributed by atoms with Crippen LogP contribution < -0.4 is 5.30 Å². The van der Waals surface area contributed by atoms with E-state index in [1.165, 1.54) is 58.2 Å². The summed E-state index contributed by atoms with van der Waals surface area (Å²) in [7, 11) is -2.45. The molecule has 10 aromatic rings. The van der Waals surface area contributed by atoms with Gasteiger partial charge in [-0.25, -0.2) is 15.0 Å². The van der Waals surface area contributed by atoms with Crippen LogP contribution in [-0.4, -0.2) is 28.3 Å². The zero-order valence-corrected chi connectivity index (χ0v) is 39.9. The van der Waals surface area contributed by atoms with Crippen LogP contribution in [0.25, 0.3) is 89.4 Å². The van der Waals surface area contributed by atoms with Gasteiger partial charge in [0.15, 0.2) is 17.5 Å². The van der Waals surface area contributed by atoms with Crippen LogP contribution in [0.3, 0.4) is 0 Å². The molecule has 2 aliphatic carbocycles. The fourth-order valence-corrected chi connectivity index (χ4v) is 12.8. The lowest BCUT2D eigenvalue weighted by Gasteiger charge is -2.39. The zero-order chi connectivity index (χ0) is 46.5. The van der Waals surface area contributed by atoms with Crippen LogP contribution in [0, 0.1) is 11.8 Å². The van der Waals surface area contributed by atoms with Crippen LogP contribution in [0.1, 0.15) is 36.8 Å². The fraction of sp³-hybridized carbons (Fsp3) is 0.141. The minimum atomic E-state index is -2.45. The summed E-state index contributed by atoms with van der Waals surface area (Å²) < 4.78 is 13.3. The standard InChI is InChI=1S/C64H52N3OP/c1-69(2,68)60-40-39-57(58-15-9-10-16-59(58)60)50-30-35-54(36-31-50)64(42-43-17-34-56(64)41-43)55-37-32-53(33-38-55)63-66-61(51-26-22-47(23-27-51)45-13-7-4-8-14-45)65-62(67-63)52-28-24-49(25-29-52)48-20-18-46(19-21-48)44-11-5-3-6-12-44/h3-16,18-33,35-40,43,56H,17,34,41-42H2,1-2H3. The molecule has 2 bridgehead atoms. The lowest BCUT2D eigenvalue weighted by molar-refractivity contribution is 0.320. The lowest BCUT2D eigenvalue weighted by Crippen LogP contribution is -2.34. The van der Waals surface area contributed by atoms with Crippen molar-refractivity contribution in [2.45, 2.75) is 31.1 Å². The molecule has 69 heavy (non-hydrogen) atoms. The minimum absolute atomic E-state index is 0.0670. The van der Waals surface area contributed by atoms with Crippen LogP contribution in [-0.2, 0) is 9.98 Å². The molecule has 12 rings (SSSR count). The molecule has 2 saturated carbocycles. The molecular formula is C64H52N3OP. The van der Waals surface area contributed by atoms with Gasteiger partial charge in [-0.3, -0.25) is 0 Å². The third-order valence-electron chi connectivity index (χ3n) is 15.1. The SMILES string of the molecule is CP(C)(=O)c1ccc(-c2ccc(C3(c4ccc(-c5nc(-c6ccc(-c7ccccc7)cc6)nc(-c6ccc(-c7ccc(-c8ccccc8)cc7)cc6)n5)cc4)CC4CCC3C4)cc2)c2ccccc12. The smallest absolute Gasteiger partial charge is 0.164 e. The first-order chi connectivity index (χ1) is 33.8. The predicted octanol–water partition coefficient (Wildman–Crippen LogP) is 16.0. The van der Waals surface area contributed by atoms with E-state index < -0.39 is 7.14 Å². The van der Waals surface area contributed by atoms with Gasteiger partial charge >= 0.3 is 0 Å². The van der Waals surface area contributed by atoms with Crippen molar-refractivity contribution in [3.8, 4) is 78.7 Å². The Morgan fingerprint density at radius 3 is 1.17 bits per heavy atom. The highest BCUT2D eigenvalue weighted by molar-refractivity contribution is 7.70. The number of rotatable bonds is 10. The second kappa shape index (κ2) is 17.5. The van der Waals surface area contributed by atoms with Gasteiger partial charge in [0.1, 0.15) is 7.14 Å². The topological polar surface area (TPSA) is 55.7 Å². The van der Waals surface area contributed by atoms with Crippen LogP contribution in [0.4, 0.5) is 0 Å². The third kappa shape index (κ3) is 8.03. The van der Waals surface area contributed by atoms with Gasteiger partial charge in [0.25, 0.3) is 0 Å². The van der Waals surface area contributed by atoms with E-state index in [0.717, 1.165) is 61.8 Å². The summed E-state index contributed by atoms with van der Waals surface area (Å²) in [5, 5.41) is 3.17. The van der Waals surface area contributed by atoms with Crippen molar-refractivity contribution in [2.24, 2.45) is 11.8 Å². The molecule has 0 radical (unpaired) electrons. The summed E-state index contributed by atoms with van der Waals surface area (Å²) in [6, 6.07) is 78.0. The molecule has 3 unspecified atom stereocenters. The van der Waals surface area contributed by atoms with Crippen molar-refractivity contribution >= 4 is 23.2 Å². The molecule has 2 aliphatic rings. The number of fused-ring (bicyclic) bond motifs is 3. The maximum absolute atomic E-state index is 13.3. The Morgan fingerprint density at radius 1 is 0.391 bits per heavy atom. The van der Waals surface area contributed by atoms with Gasteiger partial charge in [-0.2, -0.15) is 0 Å². The first-order valence-corrected chi connectivity index (χ1v) is 26.8. The van der Waals surface area contributed by atoms with Crippen molar-refractivity contribution in [3.05, 3.63) is 230 Å². The van der Waals surface area contributed by atoms with E-state index >= 15 is 0 Å². The second-order valence-electron chi connectivity index (χ2n) is 19.5. The Kier molecular flexibility index (Phi) is 10.9. The Balaban J connectivity index is 0.889. The quantitative estimate of drug-likeness (QED) is 0.128. The summed E-state index contributed by atoms with van der Waals surface area (Å²) in [6.07, 6.45) is 4.98. The summed E-state index contributed by atoms with van der Waals surface area (Å²) in [6.45, 7) is 3.73. The molecule has 5 heteroatoms. The van der Waals surface area contributed by atoms with Gasteiger partial charge in [-0.1, -0.05) is 225 Å². The lowest BCUT2D eigenvalue weighted by atomic mass is 9.64. The average molecular weight is 910 g/mol. The Labute approximate surface area is 405 Å². The van der Waals surface area contributed by atoms with Crippen LogP contribution >= 0.6 is 7.14 Å². The van der Waals surface area contributed by atoms with Crippen molar-refractivity contribution < 1.29 is 4.57 Å². The monoisotopic (exact) mass is 909 g/mol. The third-order valence-corrected chi connectivity index (χ3v) is 16.6. The van der Waals surface area contributed by atoms with Crippen LogP contribution in [0.15, 0.2) is 218 Å². The molecule has 1 aromatic heterocycles. The van der Waals surface area contributed by atoms with Gasteiger partial charge in [-0.15, -0.1) is 0 Å². The van der Waals surface area contributed by atoms with Gasteiger partial charge < -0.3 is 4.57 Å².